The first-order chi connectivity index (χ1) is 16.2. The van der Waals surface area contributed by atoms with Crippen molar-refractivity contribution in [1.82, 2.24) is 19.9 Å². The van der Waals surface area contributed by atoms with Gasteiger partial charge < -0.3 is 24.1 Å². The van der Waals surface area contributed by atoms with E-state index < -0.39 is 5.60 Å². The third-order valence-corrected chi connectivity index (χ3v) is 6.16. The maximum atomic E-state index is 12.3. The van der Waals surface area contributed by atoms with Gasteiger partial charge in [0.25, 0.3) is 0 Å². The summed E-state index contributed by atoms with van der Waals surface area (Å²) in [4.78, 5) is 26.9. The number of H-pyrrole nitrogens is 1. The van der Waals surface area contributed by atoms with Crippen LogP contribution in [0.25, 0.3) is 21.9 Å². The van der Waals surface area contributed by atoms with Crippen molar-refractivity contribution < 1.29 is 19.0 Å². The molecule has 4 rings (SSSR count). The van der Waals surface area contributed by atoms with Crippen LogP contribution in [0.3, 0.4) is 0 Å². The summed E-state index contributed by atoms with van der Waals surface area (Å²) in [5, 5.41) is 1.01. The first kappa shape index (κ1) is 24.3. The van der Waals surface area contributed by atoms with Gasteiger partial charge in [0.15, 0.2) is 0 Å². The molecule has 0 aliphatic carbocycles. The van der Waals surface area contributed by atoms with E-state index in [1.54, 1.807) is 18.3 Å². The Bertz CT molecular complexity index is 1130. The number of methoxy groups -OCH3 is 1. The standard InChI is InChI=1S/C26H36N4O4/c1-17(10-13-32-5)14-22-24-23(27-16-28-24)20-7-6-19(15-21(20)29-22)33-18-8-11-30(12-9-18)25(31)34-26(2,3)4/h6-7,15-18H,8-14H2,1-5H3,(H,27,28). The molecule has 1 aromatic carbocycles. The van der Waals surface area contributed by atoms with Crippen molar-refractivity contribution in [2.75, 3.05) is 26.8 Å². The lowest BCUT2D eigenvalue weighted by atomic mass is 10.00. The van der Waals surface area contributed by atoms with Crippen LogP contribution in [0, 0.1) is 5.92 Å². The summed E-state index contributed by atoms with van der Waals surface area (Å²) in [6, 6.07) is 6.03. The van der Waals surface area contributed by atoms with Gasteiger partial charge in [0.05, 0.1) is 28.6 Å². The van der Waals surface area contributed by atoms with Gasteiger partial charge in [-0.2, -0.15) is 0 Å². The molecular weight excluding hydrogens is 432 g/mol. The predicted molar refractivity (Wildman–Crippen MR) is 132 cm³/mol. The lowest BCUT2D eigenvalue weighted by Gasteiger charge is -2.33. The Labute approximate surface area is 201 Å². The Kier molecular flexibility index (Phi) is 7.26. The minimum absolute atomic E-state index is 0.0544. The van der Waals surface area contributed by atoms with Gasteiger partial charge in [-0.3, -0.25) is 4.98 Å². The number of nitrogens with zero attached hydrogens (tertiary/aromatic N) is 3. The van der Waals surface area contributed by atoms with E-state index in [4.69, 9.17) is 19.2 Å². The summed E-state index contributed by atoms with van der Waals surface area (Å²) in [5.74, 6) is 1.25. The molecule has 3 aromatic rings. The molecule has 0 spiro atoms. The molecule has 8 nitrogen and oxygen atoms in total. The van der Waals surface area contributed by atoms with Crippen molar-refractivity contribution in [3.63, 3.8) is 0 Å². The fourth-order valence-corrected chi connectivity index (χ4v) is 4.37. The summed E-state index contributed by atoms with van der Waals surface area (Å²) in [6.45, 7) is 9.87. The van der Waals surface area contributed by atoms with Crippen LogP contribution in [-0.4, -0.2) is 64.5 Å². The third kappa shape index (κ3) is 5.78. The number of nitrogens with one attached hydrogen (secondary N) is 1. The second kappa shape index (κ2) is 10.2. The smallest absolute Gasteiger partial charge is 0.410 e. The number of carbonyl (C=O) groups is 1. The van der Waals surface area contributed by atoms with Crippen molar-refractivity contribution in [2.45, 2.75) is 65.1 Å². The third-order valence-electron chi connectivity index (χ3n) is 6.16. The molecule has 1 unspecified atom stereocenters. The topological polar surface area (TPSA) is 89.6 Å². The second-order valence-corrected chi connectivity index (χ2v) is 10.2. The zero-order valence-electron chi connectivity index (χ0n) is 20.9. The van der Waals surface area contributed by atoms with Gasteiger partial charge in [-0.05, 0) is 51.7 Å². The summed E-state index contributed by atoms with van der Waals surface area (Å²) in [5.41, 5.74) is 3.36. The highest BCUT2D eigenvalue weighted by molar-refractivity contribution is 6.03. The van der Waals surface area contributed by atoms with E-state index in [1.807, 2.05) is 39.0 Å². The molecule has 1 fully saturated rings. The van der Waals surface area contributed by atoms with E-state index in [9.17, 15) is 4.79 Å². The highest BCUT2D eigenvalue weighted by atomic mass is 16.6. The number of aromatic amines is 1. The summed E-state index contributed by atoms with van der Waals surface area (Å²) in [7, 11) is 1.73. The van der Waals surface area contributed by atoms with Crippen molar-refractivity contribution in [3.8, 4) is 5.75 Å². The van der Waals surface area contributed by atoms with Crippen LogP contribution in [0.2, 0.25) is 0 Å². The molecule has 1 aliphatic rings. The number of hydrogen-bond donors (Lipinski definition) is 1. The van der Waals surface area contributed by atoms with Crippen LogP contribution in [0.5, 0.6) is 5.75 Å². The largest absolute Gasteiger partial charge is 0.490 e. The van der Waals surface area contributed by atoms with Crippen LogP contribution in [0.15, 0.2) is 24.5 Å². The molecule has 0 bridgehead atoms. The van der Waals surface area contributed by atoms with Gasteiger partial charge in [-0.15, -0.1) is 0 Å². The van der Waals surface area contributed by atoms with Gasteiger partial charge in [0, 0.05) is 51.1 Å². The Hall–Kier alpha value is -2.87. The molecule has 34 heavy (non-hydrogen) atoms. The van der Waals surface area contributed by atoms with Crippen LogP contribution in [0.4, 0.5) is 4.79 Å². The van der Waals surface area contributed by atoms with E-state index >= 15 is 0 Å². The molecule has 1 amide bonds. The maximum Gasteiger partial charge on any atom is 0.410 e. The van der Waals surface area contributed by atoms with Crippen LogP contribution < -0.4 is 4.74 Å². The van der Waals surface area contributed by atoms with Gasteiger partial charge in [-0.1, -0.05) is 6.92 Å². The maximum absolute atomic E-state index is 12.3. The average Bonchev–Trinajstić information content (AvgIpc) is 3.27. The SMILES string of the molecule is COCCC(C)Cc1nc2cc(OC3CCN(C(=O)OC(C)(C)C)CC3)ccc2c2nc[nH]c12. The zero-order chi connectivity index (χ0) is 24.3. The van der Waals surface area contributed by atoms with Gasteiger partial charge >= 0.3 is 6.09 Å². The normalized spacial score (nSPS) is 16.2. The number of hydrogen-bond acceptors (Lipinski definition) is 6. The molecule has 1 aliphatic heterocycles. The van der Waals surface area contributed by atoms with Crippen molar-refractivity contribution >= 4 is 28.0 Å². The van der Waals surface area contributed by atoms with E-state index in [0.29, 0.717) is 19.0 Å². The Morgan fingerprint density at radius 1 is 1.26 bits per heavy atom. The molecule has 8 heteroatoms. The quantitative estimate of drug-likeness (QED) is 0.519. The average molecular weight is 469 g/mol. The van der Waals surface area contributed by atoms with Crippen molar-refractivity contribution in [2.24, 2.45) is 5.92 Å². The highest BCUT2D eigenvalue weighted by Gasteiger charge is 2.27. The first-order valence-electron chi connectivity index (χ1n) is 12.1. The van der Waals surface area contributed by atoms with E-state index in [0.717, 1.165) is 65.7 Å². The monoisotopic (exact) mass is 468 g/mol. The molecule has 3 heterocycles. The minimum Gasteiger partial charge on any atom is -0.490 e. The fraction of sp³-hybridized carbons (Fsp3) is 0.577. The van der Waals surface area contributed by atoms with Crippen molar-refractivity contribution in [1.29, 1.82) is 0 Å². The lowest BCUT2D eigenvalue weighted by Crippen LogP contribution is -2.44. The summed E-state index contributed by atoms with van der Waals surface area (Å²) >= 11 is 0. The van der Waals surface area contributed by atoms with E-state index in [-0.39, 0.29) is 12.2 Å². The molecule has 184 valence electrons. The lowest BCUT2D eigenvalue weighted by molar-refractivity contribution is 0.0127. The van der Waals surface area contributed by atoms with Gasteiger partial charge in [-0.25, -0.2) is 9.78 Å². The molecule has 0 radical (unpaired) electrons. The fourth-order valence-electron chi connectivity index (χ4n) is 4.37. The number of benzene rings is 1. The number of piperidine rings is 1. The Morgan fingerprint density at radius 3 is 2.74 bits per heavy atom. The van der Waals surface area contributed by atoms with Crippen LogP contribution in [-0.2, 0) is 15.9 Å². The summed E-state index contributed by atoms with van der Waals surface area (Å²) < 4.78 is 17.0. The number of aromatic nitrogens is 3. The number of fused-ring (bicyclic) bond motifs is 3. The molecule has 0 saturated carbocycles. The van der Waals surface area contributed by atoms with Crippen molar-refractivity contribution in [3.05, 3.63) is 30.2 Å². The van der Waals surface area contributed by atoms with Crippen LogP contribution in [0.1, 0.15) is 52.7 Å². The Balaban J connectivity index is 1.46. The predicted octanol–water partition coefficient (Wildman–Crippen LogP) is 5.10. The molecule has 2 aromatic heterocycles. The first-order valence-corrected chi connectivity index (χ1v) is 12.1. The molecule has 1 atom stereocenters. The number of ether oxygens (including phenoxy) is 3. The summed E-state index contributed by atoms with van der Waals surface area (Å²) in [6.07, 6.45) is 4.91. The number of likely N-dealkylation sites (tertiary alicyclic amines) is 1. The van der Waals surface area contributed by atoms with E-state index in [1.165, 1.54) is 0 Å². The molecular formula is C26H36N4O4. The van der Waals surface area contributed by atoms with Gasteiger partial charge in [0.2, 0.25) is 0 Å². The molecule has 1 saturated heterocycles. The number of imidazole rings is 1. The second-order valence-electron chi connectivity index (χ2n) is 10.2. The number of rotatable bonds is 7. The Morgan fingerprint density at radius 2 is 2.03 bits per heavy atom. The number of pyridine rings is 1. The molecule has 1 N–H and O–H groups in total. The minimum atomic E-state index is -0.483. The van der Waals surface area contributed by atoms with Gasteiger partial charge in [0.1, 0.15) is 17.5 Å². The van der Waals surface area contributed by atoms with E-state index in [2.05, 4.69) is 16.9 Å². The van der Waals surface area contributed by atoms with Crippen LogP contribution >= 0.6 is 0 Å². The highest BCUT2D eigenvalue weighted by Crippen LogP contribution is 2.30. The zero-order valence-corrected chi connectivity index (χ0v) is 20.9. The number of amides is 1. The number of carbonyl (C=O) groups excluding carboxylic acids is 1.